The average molecular weight is 457 g/mol. The minimum atomic E-state index is -0.625. The Bertz CT molecular complexity index is 918. The lowest BCUT2D eigenvalue weighted by Crippen LogP contribution is -2.17. The van der Waals surface area contributed by atoms with E-state index in [-0.39, 0.29) is 17.7 Å². The van der Waals surface area contributed by atoms with Gasteiger partial charge >= 0.3 is 0 Å². The molecule has 2 aromatic rings. The van der Waals surface area contributed by atoms with Gasteiger partial charge in [0.05, 0.1) is 0 Å². The molecule has 0 spiro atoms. The molecule has 2 aliphatic carbocycles. The van der Waals surface area contributed by atoms with Gasteiger partial charge in [0.1, 0.15) is 5.82 Å². The number of rotatable bonds is 7. The van der Waals surface area contributed by atoms with E-state index < -0.39 is 11.6 Å². The first-order valence-corrected chi connectivity index (χ1v) is 13.3. The van der Waals surface area contributed by atoms with Crippen molar-refractivity contribution in [1.29, 1.82) is 0 Å². The third-order valence-electron chi connectivity index (χ3n) is 8.52. The Morgan fingerprint density at radius 3 is 1.76 bits per heavy atom. The van der Waals surface area contributed by atoms with Gasteiger partial charge in [0.25, 0.3) is 0 Å². The molecule has 0 aliphatic heterocycles. The minimum Gasteiger partial charge on any atom is -0.207 e. The van der Waals surface area contributed by atoms with E-state index in [0.717, 1.165) is 87.7 Å². The van der Waals surface area contributed by atoms with Crippen molar-refractivity contribution >= 4 is 0 Å². The Morgan fingerprint density at radius 1 is 0.697 bits per heavy atom. The first-order valence-electron chi connectivity index (χ1n) is 13.3. The van der Waals surface area contributed by atoms with Gasteiger partial charge in [-0.2, -0.15) is 0 Å². The summed E-state index contributed by atoms with van der Waals surface area (Å²) in [5, 5.41) is 0. The number of aryl methyl sites for hydroxylation is 1. The van der Waals surface area contributed by atoms with Crippen LogP contribution >= 0.6 is 0 Å². The van der Waals surface area contributed by atoms with Crippen LogP contribution in [0, 0.1) is 23.4 Å². The predicted molar refractivity (Wildman–Crippen MR) is 130 cm³/mol. The molecule has 0 aromatic heterocycles. The van der Waals surface area contributed by atoms with Crippen molar-refractivity contribution in [1.82, 2.24) is 0 Å². The molecule has 2 aromatic carbocycles. The van der Waals surface area contributed by atoms with Crippen LogP contribution in [-0.4, -0.2) is 0 Å². The van der Waals surface area contributed by atoms with E-state index in [9.17, 15) is 4.39 Å². The van der Waals surface area contributed by atoms with Crippen LogP contribution in [0.25, 0.3) is 0 Å². The molecule has 2 fully saturated rings. The largest absolute Gasteiger partial charge is 0.207 e. The summed E-state index contributed by atoms with van der Waals surface area (Å²) in [6.45, 7) is 4.33. The normalized spacial score (nSPS) is 25.8. The summed E-state index contributed by atoms with van der Waals surface area (Å²) in [4.78, 5) is 0. The molecular weight excluding hydrogens is 417 g/mol. The molecule has 0 nitrogen and oxygen atoms in total. The number of benzene rings is 2. The van der Waals surface area contributed by atoms with E-state index in [1.165, 1.54) is 6.42 Å². The Hall–Kier alpha value is -1.77. The second kappa shape index (κ2) is 11.1. The zero-order chi connectivity index (χ0) is 23.4. The summed E-state index contributed by atoms with van der Waals surface area (Å²) in [7, 11) is 0. The summed E-state index contributed by atoms with van der Waals surface area (Å²) in [5.74, 6) is -0.0860. The van der Waals surface area contributed by atoms with Gasteiger partial charge in [-0.3, -0.25) is 0 Å². The van der Waals surface area contributed by atoms with E-state index >= 15 is 8.78 Å². The highest BCUT2D eigenvalue weighted by molar-refractivity contribution is 5.33. The van der Waals surface area contributed by atoms with Crippen LogP contribution in [0.5, 0.6) is 0 Å². The van der Waals surface area contributed by atoms with E-state index in [1.54, 1.807) is 6.07 Å². The summed E-state index contributed by atoms with van der Waals surface area (Å²) in [6, 6.07) is 9.43. The van der Waals surface area contributed by atoms with Crippen molar-refractivity contribution < 1.29 is 13.2 Å². The fourth-order valence-electron chi connectivity index (χ4n) is 6.22. The molecule has 2 saturated carbocycles. The quantitative estimate of drug-likeness (QED) is 0.389. The van der Waals surface area contributed by atoms with Gasteiger partial charge in [0, 0.05) is 0 Å². The Balaban J connectivity index is 1.40. The lowest BCUT2D eigenvalue weighted by atomic mass is 9.74. The SMILES string of the molecule is CCCCc1ccc(C2CCC(c3ccc(C4CCC(CC)CC4)c(F)c3F)CC2)cc1F. The van der Waals surface area contributed by atoms with E-state index in [1.807, 2.05) is 18.2 Å². The lowest BCUT2D eigenvalue weighted by Gasteiger charge is -2.31. The number of unbranched alkanes of at least 4 members (excludes halogenated alkanes) is 1. The van der Waals surface area contributed by atoms with Crippen molar-refractivity contribution in [3.8, 4) is 0 Å². The second-order valence-electron chi connectivity index (χ2n) is 10.5. The summed E-state index contributed by atoms with van der Waals surface area (Å²) in [6.07, 6.45) is 11.6. The zero-order valence-corrected chi connectivity index (χ0v) is 20.3. The molecule has 0 saturated heterocycles. The average Bonchev–Trinajstić information content (AvgIpc) is 2.85. The number of hydrogen-bond donors (Lipinski definition) is 0. The monoisotopic (exact) mass is 456 g/mol. The van der Waals surface area contributed by atoms with Crippen LogP contribution in [0.4, 0.5) is 13.2 Å². The van der Waals surface area contributed by atoms with Gasteiger partial charge in [-0.15, -0.1) is 0 Å². The smallest absolute Gasteiger partial charge is 0.162 e. The van der Waals surface area contributed by atoms with Crippen LogP contribution in [0.3, 0.4) is 0 Å². The Kier molecular flexibility index (Phi) is 8.20. The van der Waals surface area contributed by atoms with Crippen LogP contribution < -0.4 is 0 Å². The molecule has 33 heavy (non-hydrogen) atoms. The van der Waals surface area contributed by atoms with E-state index in [0.29, 0.717) is 17.0 Å². The van der Waals surface area contributed by atoms with Gasteiger partial charge < -0.3 is 0 Å². The fraction of sp³-hybridized carbons (Fsp3) is 0.600. The summed E-state index contributed by atoms with van der Waals surface area (Å²) in [5.41, 5.74) is 2.97. The number of halogens is 3. The summed E-state index contributed by atoms with van der Waals surface area (Å²) < 4.78 is 44.7. The van der Waals surface area contributed by atoms with Crippen LogP contribution in [0.15, 0.2) is 30.3 Å². The van der Waals surface area contributed by atoms with Crippen molar-refractivity contribution in [2.24, 2.45) is 5.92 Å². The molecule has 2 aliphatic rings. The van der Waals surface area contributed by atoms with Gasteiger partial charge in [0.2, 0.25) is 0 Å². The van der Waals surface area contributed by atoms with Crippen LogP contribution in [0.2, 0.25) is 0 Å². The van der Waals surface area contributed by atoms with Crippen molar-refractivity contribution in [3.63, 3.8) is 0 Å². The molecule has 0 amide bonds. The molecule has 0 N–H and O–H groups in total. The molecule has 0 unspecified atom stereocenters. The molecule has 0 heterocycles. The molecule has 0 bridgehead atoms. The fourth-order valence-corrected chi connectivity index (χ4v) is 6.22. The molecule has 0 atom stereocenters. The first-order chi connectivity index (χ1) is 16.0. The molecule has 3 heteroatoms. The van der Waals surface area contributed by atoms with Gasteiger partial charge in [0.15, 0.2) is 11.6 Å². The van der Waals surface area contributed by atoms with Crippen LogP contribution in [-0.2, 0) is 6.42 Å². The topological polar surface area (TPSA) is 0 Å². The van der Waals surface area contributed by atoms with E-state index in [4.69, 9.17) is 0 Å². The Labute approximate surface area is 198 Å². The highest BCUT2D eigenvalue weighted by Gasteiger charge is 2.30. The maximum absolute atomic E-state index is 15.1. The van der Waals surface area contributed by atoms with Crippen molar-refractivity contribution in [3.05, 3.63) is 70.0 Å². The highest BCUT2D eigenvalue weighted by atomic mass is 19.2. The Morgan fingerprint density at radius 2 is 1.24 bits per heavy atom. The first kappa shape index (κ1) is 24.4. The van der Waals surface area contributed by atoms with Gasteiger partial charge in [-0.1, -0.05) is 51.0 Å². The third-order valence-corrected chi connectivity index (χ3v) is 8.52. The standard InChI is InChI=1S/C30H39F3/c1-3-5-6-24-15-16-25(19-28(24)31)21-11-13-23(14-12-21)27-18-17-26(29(32)30(27)33)22-9-7-20(4-2)8-10-22/h15-23H,3-14H2,1-2H3. The second-order valence-corrected chi connectivity index (χ2v) is 10.5. The van der Waals surface area contributed by atoms with Gasteiger partial charge in [-0.05, 0) is 116 Å². The maximum Gasteiger partial charge on any atom is 0.162 e. The third kappa shape index (κ3) is 5.49. The van der Waals surface area contributed by atoms with E-state index in [2.05, 4.69) is 19.9 Å². The van der Waals surface area contributed by atoms with Crippen molar-refractivity contribution in [2.75, 3.05) is 0 Å². The number of hydrogen-bond acceptors (Lipinski definition) is 0. The van der Waals surface area contributed by atoms with Crippen molar-refractivity contribution in [2.45, 2.75) is 109 Å². The lowest BCUT2D eigenvalue weighted by molar-refractivity contribution is 0.311. The van der Waals surface area contributed by atoms with Gasteiger partial charge in [-0.25, -0.2) is 13.2 Å². The predicted octanol–water partition coefficient (Wildman–Crippen LogP) is 9.57. The van der Waals surface area contributed by atoms with Crippen LogP contribution in [0.1, 0.15) is 124 Å². The minimum absolute atomic E-state index is 0.0503. The highest BCUT2D eigenvalue weighted by Crippen LogP contribution is 2.44. The summed E-state index contributed by atoms with van der Waals surface area (Å²) >= 11 is 0. The zero-order valence-electron chi connectivity index (χ0n) is 20.3. The molecule has 0 radical (unpaired) electrons. The molecular formula is C30H39F3. The molecule has 4 rings (SSSR count). The molecule has 180 valence electrons. The maximum atomic E-state index is 15.1.